The fourth-order valence-electron chi connectivity index (χ4n) is 1.78. The van der Waals surface area contributed by atoms with Crippen molar-refractivity contribution in [3.63, 3.8) is 0 Å². The molecule has 0 fully saturated rings. The molecule has 20 heavy (non-hydrogen) atoms. The molecule has 2 aromatic rings. The predicted octanol–water partition coefficient (Wildman–Crippen LogP) is 0.244. The highest BCUT2D eigenvalue weighted by atomic mass is 16.3. The highest BCUT2D eigenvalue weighted by molar-refractivity contribution is 5.92. The fraction of sp³-hybridized carbons (Fsp3) is 0.214. The van der Waals surface area contributed by atoms with Gasteiger partial charge in [0, 0.05) is 13.1 Å². The van der Waals surface area contributed by atoms with Crippen LogP contribution in [0.5, 0.6) is 0 Å². The maximum atomic E-state index is 12.1. The zero-order valence-electron chi connectivity index (χ0n) is 11.0. The molecule has 2 N–H and O–H groups in total. The van der Waals surface area contributed by atoms with Crippen LogP contribution in [0.1, 0.15) is 22.1 Å². The number of benzene rings is 1. The summed E-state index contributed by atoms with van der Waals surface area (Å²) < 4.78 is 1.09. The molecule has 0 saturated carbocycles. The lowest BCUT2D eigenvalue weighted by Gasteiger charge is -2.16. The highest BCUT2D eigenvalue weighted by Gasteiger charge is 2.16. The smallest absolute Gasteiger partial charge is 0.272 e. The molecule has 1 aromatic carbocycles. The summed E-state index contributed by atoms with van der Waals surface area (Å²) in [6.07, 6.45) is 0. The number of aliphatic hydroxyl groups excluding tert-OH is 1. The molecular formula is C14H15N3O3. The van der Waals surface area contributed by atoms with Gasteiger partial charge in [-0.1, -0.05) is 30.3 Å². The van der Waals surface area contributed by atoms with Gasteiger partial charge >= 0.3 is 0 Å². The zero-order chi connectivity index (χ0) is 14.5. The monoisotopic (exact) mass is 273 g/mol. The molecule has 0 saturated heterocycles. The number of nitrogens with zero attached hydrogens (tertiary/aromatic N) is 2. The molecule has 1 unspecified atom stereocenters. The van der Waals surface area contributed by atoms with Gasteiger partial charge in [0.05, 0.1) is 12.6 Å². The lowest BCUT2D eigenvalue weighted by molar-refractivity contribution is 0.0909. The van der Waals surface area contributed by atoms with Gasteiger partial charge in [-0.3, -0.25) is 9.59 Å². The van der Waals surface area contributed by atoms with E-state index in [0.29, 0.717) is 0 Å². The average molecular weight is 273 g/mol. The number of aliphatic hydroxyl groups is 1. The lowest BCUT2D eigenvalue weighted by Crippen LogP contribution is -2.33. The Morgan fingerprint density at radius 2 is 2.00 bits per heavy atom. The molecule has 2 rings (SSSR count). The van der Waals surface area contributed by atoms with Gasteiger partial charge < -0.3 is 10.4 Å². The standard InChI is InChI=1S/C14H15N3O3/c1-17-13(19)8-7-11(16-17)14(20)15-12(9-18)10-5-3-2-4-6-10/h2-8,12,18H,9H2,1H3,(H,15,20). The van der Waals surface area contributed by atoms with E-state index in [1.165, 1.54) is 19.2 Å². The van der Waals surface area contributed by atoms with Gasteiger partial charge in [-0.15, -0.1) is 0 Å². The van der Waals surface area contributed by atoms with Crippen molar-refractivity contribution in [1.29, 1.82) is 0 Å². The summed E-state index contributed by atoms with van der Waals surface area (Å²) in [4.78, 5) is 23.3. The van der Waals surface area contributed by atoms with E-state index < -0.39 is 11.9 Å². The second-order valence-electron chi connectivity index (χ2n) is 4.30. The van der Waals surface area contributed by atoms with Crippen LogP contribution in [0.15, 0.2) is 47.3 Å². The van der Waals surface area contributed by atoms with Crippen molar-refractivity contribution in [2.24, 2.45) is 7.05 Å². The summed E-state index contributed by atoms with van der Waals surface area (Å²) >= 11 is 0. The molecule has 0 aliphatic rings. The third kappa shape index (κ3) is 3.10. The van der Waals surface area contributed by atoms with Crippen LogP contribution >= 0.6 is 0 Å². The Morgan fingerprint density at radius 3 is 2.60 bits per heavy atom. The van der Waals surface area contributed by atoms with Crippen molar-refractivity contribution < 1.29 is 9.90 Å². The molecule has 104 valence electrons. The average Bonchev–Trinajstić information content (AvgIpc) is 2.48. The Labute approximate surface area is 115 Å². The quantitative estimate of drug-likeness (QED) is 0.836. The van der Waals surface area contributed by atoms with Crippen molar-refractivity contribution in [2.75, 3.05) is 6.61 Å². The first-order valence-corrected chi connectivity index (χ1v) is 6.13. The normalized spacial score (nSPS) is 11.9. The van der Waals surface area contributed by atoms with Gasteiger partial charge in [-0.2, -0.15) is 5.10 Å². The number of nitrogens with one attached hydrogen (secondary N) is 1. The first-order valence-electron chi connectivity index (χ1n) is 6.13. The van der Waals surface area contributed by atoms with Crippen LogP contribution < -0.4 is 10.9 Å². The summed E-state index contributed by atoms with van der Waals surface area (Å²) in [5.74, 6) is -0.441. The Bertz CT molecular complexity index is 652. The van der Waals surface area contributed by atoms with Crippen molar-refractivity contribution in [3.8, 4) is 0 Å². The minimum atomic E-state index is -0.511. The Hall–Kier alpha value is -2.47. The third-order valence-corrected chi connectivity index (χ3v) is 2.88. The summed E-state index contributed by atoms with van der Waals surface area (Å²) in [5.41, 5.74) is 0.637. The number of aromatic nitrogens is 2. The summed E-state index contributed by atoms with van der Waals surface area (Å²) in [5, 5.41) is 15.9. The number of aryl methyl sites for hydroxylation is 1. The summed E-state index contributed by atoms with van der Waals surface area (Å²) in [6.45, 7) is -0.221. The molecule has 0 radical (unpaired) electrons. The molecule has 0 bridgehead atoms. The van der Waals surface area contributed by atoms with Gasteiger partial charge in [0.25, 0.3) is 11.5 Å². The van der Waals surface area contributed by atoms with Gasteiger partial charge in [0.2, 0.25) is 0 Å². The van der Waals surface area contributed by atoms with Crippen LogP contribution in [0.2, 0.25) is 0 Å². The number of amides is 1. The highest BCUT2D eigenvalue weighted by Crippen LogP contribution is 2.12. The first-order chi connectivity index (χ1) is 9.61. The second kappa shape index (κ2) is 6.12. The van der Waals surface area contributed by atoms with Crippen molar-refractivity contribution >= 4 is 5.91 Å². The van der Waals surface area contributed by atoms with Gasteiger partial charge in [0.1, 0.15) is 5.69 Å². The maximum absolute atomic E-state index is 12.1. The van der Waals surface area contributed by atoms with E-state index in [-0.39, 0.29) is 17.9 Å². The van der Waals surface area contributed by atoms with Crippen LogP contribution in [0.25, 0.3) is 0 Å². The predicted molar refractivity (Wildman–Crippen MR) is 73.2 cm³/mol. The minimum Gasteiger partial charge on any atom is -0.394 e. The van der Waals surface area contributed by atoms with Crippen molar-refractivity contribution in [3.05, 3.63) is 64.1 Å². The second-order valence-corrected chi connectivity index (χ2v) is 4.30. The Kier molecular flexibility index (Phi) is 4.27. The van der Waals surface area contributed by atoms with Crippen LogP contribution in [-0.2, 0) is 7.05 Å². The minimum absolute atomic E-state index is 0.126. The van der Waals surface area contributed by atoms with Gasteiger partial charge in [-0.05, 0) is 11.6 Å². The van der Waals surface area contributed by atoms with Crippen LogP contribution in [0.3, 0.4) is 0 Å². The summed E-state index contributed by atoms with van der Waals surface area (Å²) in [7, 11) is 1.47. The topological polar surface area (TPSA) is 84.2 Å². The van der Waals surface area contributed by atoms with Crippen molar-refractivity contribution in [1.82, 2.24) is 15.1 Å². The van der Waals surface area contributed by atoms with E-state index in [0.717, 1.165) is 10.2 Å². The molecule has 0 spiro atoms. The van der Waals surface area contributed by atoms with Gasteiger partial charge in [0.15, 0.2) is 0 Å². The molecule has 6 nitrogen and oxygen atoms in total. The number of hydrogen-bond acceptors (Lipinski definition) is 4. The molecule has 1 atom stereocenters. The van der Waals surface area contributed by atoms with E-state index in [2.05, 4.69) is 10.4 Å². The zero-order valence-corrected chi connectivity index (χ0v) is 11.0. The Morgan fingerprint density at radius 1 is 1.30 bits per heavy atom. The molecular weight excluding hydrogens is 258 g/mol. The number of carbonyl (C=O) groups excluding carboxylic acids is 1. The van der Waals surface area contributed by atoms with Crippen LogP contribution in [-0.4, -0.2) is 27.4 Å². The molecule has 1 heterocycles. The molecule has 0 aliphatic heterocycles. The number of carbonyl (C=O) groups is 1. The third-order valence-electron chi connectivity index (χ3n) is 2.88. The summed E-state index contributed by atoms with van der Waals surface area (Å²) in [6, 6.07) is 11.3. The SMILES string of the molecule is Cn1nc(C(=O)NC(CO)c2ccccc2)ccc1=O. The van der Waals surface area contributed by atoms with E-state index in [9.17, 15) is 14.7 Å². The van der Waals surface area contributed by atoms with E-state index in [1.807, 2.05) is 30.3 Å². The molecule has 6 heteroatoms. The van der Waals surface area contributed by atoms with Crippen LogP contribution in [0, 0.1) is 0 Å². The number of rotatable bonds is 4. The lowest BCUT2D eigenvalue weighted by atomic mass is 10.1. The Balaban J connectivity index is 2.17. The fourth-order valence-corrected chi connectivity index (χ4v) is 1.78. The van der Waals surface area contributed by atoms with Gasteiger partial charge in [-0.25, -0.2) is 4.68 Å². The molecule has 1 aromatic heterocycles. The first kappa shape index (κ1) is 14.0. The number of hydrogen-bond donors (Lipinski definition) is 2. The van der Waals surface area contributed by atoms with E-state index >= 15 is 0 Å². The van der Waals surface area contributed by atoms with E-state index in [4.69, 9.17) is 0 Å². The van der Waals surface area contributed by atoms with Crippen LogP contribution in [0.4, 0.5) is 0 Å². The van der Waals surface area contributed by atoms with Crippen molar-refractivity contribution in [2.45, 2.75) is 6.04 Å². The molecule has 0 aliphatic carbocycles. The largest absolute Gasteiger partial charge is 0.394 e. The van der Waals surface area contributed by atoms with E-state index in [1.54, 1.807) is 0 Å². The molecule has 1 amide bonds. The maximum Gasteiger partial charge on any atom is 0.272 e.